The fraction of sp³-hybridized carbons (Fsp3) is 0.0870. The molecule has 0 spiro atoms. The lowest BCUT2D eigenvalue weighted by Crippen LogP contribution is -1.95. The van der Waals surface area contributed by atoms with Gasteiger partial charge in [0.2, 0.25) is 0 Å². The average molecular weight is 313 g/mol. The Morgan fingerprint density at radius 1 is 0.625 bits per heavy atom. The molecule has 0 aliphatic heterocycles. The third-order valence-corrected chi connectivity index (χ3v) is 4.04. The molecule has 0 radical (unpaired) electrons. The number of hydrogen-bond acceptors (Lipinski definition) is 0. The Labute approximate surface area is 143 Å². The van der Waals surface area contributed by atoms with Crippen LogP contribution in [0.5, 0.6) is 0 Å². The fourth-order valence-electron chi connectivity index (χ4n) is 2.72. The van der Waals surface area contributed by atoms with Crippen molar-refractivity contribution in [3.05, 3.63) is 107 Å². The van der Waals surface area contributed by atoms with Crippen LogP contribution in [-0.2, 0) is 0 Å². The highest BCUT2D eigenvalue weighted by Gasteiger charge is 2.27. The summed E-state index contributed by atoms with van der Waals surface area (Å²) in [5.74, 6) is 0.422. The van der Waals surface area contributed by atoms with E-state index in [0.29, 0.717) is 5.78 Å². The van der Waals surface area contributed by atoms with Crippen molar-refractivity contribution < 1.29 is 4.79 Å². The fourth-order valence-corrected chi connectivity index (χ4v) is 2.72. The summed E-state index contributed by atoms with van der Waals surface area (Å²) in [5, 5.41) is 0. The number of carbonyl (C=O) groups excluding carboxylic acids is 1. The van der Waals surface area contributed by atoms with Gasteiger partial charge in [-0.05, 0) is 36.1 Å². The molecule has 0 heterocycles. The van der Waals surface area contributed by atoms with E-state index >= 15 is 0 Å². The Kier molecular flexibility index (Phi) is 5.36. The van der Waals surface area contributed by atoms with Crippen molar-refractivity contribution in [2.45, 2.75) is 12.8 Å². The molecule has 0 bridgehead atoms. The zero-order valence-corrected chi connectivity index (χ0v) is 13.6. The highest BCUT2D eigenvalue weighted by molar-refractivity contribution is 6.11. The monoisotopic (exact) mass is 313 g/mol. The lowest BCUT2D eigenvalue weighted by molar-refractivity contribution is 0.679. The van der Waals surface area contributed by atoms with E-state index in [-0.39, 0.29) is 0 Å². The first kappa shape index (κ1) is 15.9. The number of allylic oxidation sites excluding steroid dienone is 6. The van der Waals surface area contributed by atoms with Crippen LogP contribution >= 0.6 is 0 Å². The Hall–Kier alpha value is -2.93. The normalized spacial score (nSPS) is 18.4. The van der Waals surface area contributed by atoms with E-state index in [9.17, 15) is 4.79 Å². The maximum Gasteiger partial charge on any atom is 0.346 e. The predicted molar refractivity (Wildman–Crippen MR) is 103 cm³/mol. The SMILES string of the molecule is [OH+]=C1/C(=C\C=C\c2ccccc2)CC/C1=C\C=C\c1ccccc1. The maximum atomic E-state index is 10.4. The molecule has 0 unspecified atom stereocenters. The molecule has 1 aliphatic rings. The molecule has 2 aromatic carbocycles. The van der Waals surface area contributed by atoms with Crippen LogP contribution in [0.4, 0.5) is 0 Å². The minimum Gasteiger partial charge on any atom is -0.273 e. The molecular formula is C23H21O+. The van der Waals surface area contributed by atoms with Gasteiger partial charge in [0, 0.05) is 0 Å². The summed E-state index contributed by atoms with van der Waals surface area (Å²) in [6, 6.07) is 20.3. The molecule has 2 aromatic rings. The van der Waals surface area contributed by atoms with Crippen molar-refractivity contribution in [3.63, 3.8) is 0 Å². The highest BCUT2D eigenvalue weighted by atomic mass is 16.1. The maximum absolute atomic E-state index is 10.4. The number of hydrogen-bond donors (Lipinski definition) is 0. The lowest BCUT2D eigenvalue weighted by Gasteiger charge is -1.90. The molecule has 0 amide bonds. The third-order valence-electron chi connectivity index (χ3n) is 4.04. The summed E-state index contributed by atoms with van der Waals surface area (Å²) in [6.45, 7) is 0. The molecular weight excluding hydrogens is 292 g/mol. The van der Waals surface area contributed by atoms with E-state index in [4.69, 9.17) is 0 Å². The third kappa shape index (κ3) is 4.30. The van der Waals surface area contributed by atoms with Crippen molar-refractivity contribution in [1.82, 2.24) is 0 Å². The minimum absolute atomic E-state index is 0.422. The van der Waals surface area contributed by atoms with E-state index in [2.05, 4.69) is 36.4 Å². The van der Waals surface area contributed by atoms with Crippen molar-refractivity contribution >= 4 is 17.9 Å². The Morgan fingerprint density at radius 3 is 1.46 bits per heavy atom. The zero-order valence-electron chi connectivity index (χ0n) is 13.6. The van der Waals surface area contributed by atoms with Gasteiger partial charge in [0.05, 0.1) is 11.1 Å². The molecule has 1 heteroatoms. The first-order chi connectivity index (χ1) is 11.8. The van der Waals surface area contributed by atoms with Crippen LogP contribution in [0.1, 0.15) is 24.0 Å². The Morgan fingerprint density at radius 2 is 1.04 bits per heavy atom. The number of ketones is 1. The van der Waals surface area contributed by atoms with Gasteiger partial charge in [0.25, 0.3) is 0 Å². The second kappa shape index (κ2) is 8.07. The number of rotatable bonds is 4. The topological polar surface area (TPSA) is 21.4 Å². The summed E-state index contributed by atoms with van der Waals surface area (Å²) in [5.41, 5.74) is 4.32. The van der Waals surface area contributed by atoms with E-state index in [1.807, 2.05) is 60.7 Å². The van der Waals surface area contributed by atoms with E-state index in [0.717, 1.165) is 35.1 Å². The van der Waals surface area contributed by atoms with Crippen LogP contribution in [-0.4, -0.2) is 10.6 Å². The molecule has 1 saturated carbocycles. The molecule has 1 N–H and O–H groups in total. The standard InChI is InChI=1S/C23H20O/c24-23-21(15-7-13-19-9-3-1-4-10-19)17-18-22(23)16-8-14-20-11-5-2-6-12-20/h1-16H,17-18H2/p+1/b13-7+,14-8+,21-15-,22-16+. The first-order valence-corrected chi connectivity index (χ1v) is 8.24. The van der Waals surface area contributed by atoms with E-state index < -0.39 is 0 Å². The van der Waals surface area contributed by atoms with Crippen LogP contribution < -0.4 is 0 Å². The molecule has 1 aliphatic carbocycles. The largest absolute Gasteiger partial charge is 0.346 e. The van der Waals surface area contributed by atoms with E-state index in [1.54, 1.807) is 0 Å². The van der Waals surface area contributed by atoms with Gasteiger partial charge in [-0.25, -0.2) is 0 Å². The summed E-state index contributed by atoms with van der Waals surface area (Å²) < 4.78 is 0. The van der Waals surface area contributed by atoms with Crippen LogP contribution in [0.3, 0.4) is 0 Å². The van der Waals surface area contributed by atoms with Gasteiger partial charge in [-0.1, -0.05) is 85.0 Å². The van der Waals surface area contributed by atoms with Gasteiger partial charge in [0.1, 0.15) is 0 Å². The Balaban J connectivity index is 1.64. The molecule has 3 rings (SSSR count). The highest BCUT2D eigenvalue weighted by Crippen LogP contribution is 2.26. The summed E-state index contributed by atoms with van der Waals surface area (Å²) in [7, 11) is 0. The molecule has 118 valence electrons. The molecule has 1 fully saturated rings. The van der Waals surface area contributed by atoms with Crippen LogP contribution in [0, 0.1) is 0 Å². The lowest BCUT2D eigenvalue weighted by atomic mass is 10.1. The van der Waals surface area contributed by atoms with Gasteiger partial charge in [-0.3, -0.25) is 4.79 Å². The molecule has 0 aromatic heterocycles. The second-order valence-electron chi connectivity index (χ2n) is 5.77. The van der Waals surface area contributed by atoms with Gasteiger partial charge < -0.3 is 0 Å². The Bertz CT molecular complexity index is 736. The van der Waals surface area contributed by atoms with Crippen molar-refractivity contribution in [2.24, 2.45) is 0 Å². The van der Waals surface area contributed by atoms with Crippen molar-refractivity contribution in [1.29, 1.82) is 0 Å². The van der Waals surface area contributed by atoms with Gasteiger partial charge >= 0.3 is 5.78 Å². The van der Waals surface area contributed by atoms with Gasteiger partial charge in [-0.15, -0.1) is 0 Å². The summed E-state index contributed by atoms with van der Waals surface area (Å²) in [4.78, 5) is 10.4. The van der Waals surface area contributed by atoms with Crippen LogP contribution in [0.25, 0.3) is 12.2 Å². The number of benzene rings is 2. The zero-order chi connectivity index (χ0) is 16.6. The second-order valence-corrected chi connectivity index (χ2v) is 5.77. The van der Waals surface area contributed by atoms with Gasteiger partial charge in [0.15, 0.2) is 0 Å². The molecule has 0 saturated heterocycles. The first-order valence-electron chi connectivity index (χ1n) is 8.24. The summed E-state index contributed by atoms with van der Waals surface area (Å²) >= 11 is 0. The quantitative estimate of drug-likeness (QED) is 0.517. The average Bonchev–Trinajstić information content (AvgIpc) is 2.97. The van der Waals surface area contributed by atoms with Gasteiger partial charge in [-0.2, -0.15) is 0 Å². The molecule has 1 nitrogen and oxygen atoms in total. The molecule has 24 heavy (non-hydrogen) atoms. The molecule has 0 atom stereocenters. The summed E-state index contributed by atoms with van der Waals surface area (Å²) in [6.07, 6.45) is 13.9. The smallest absolute Gasteiger partial charge is 0.273 e. The van der Waals surface area contributed by atoms with Crippen LogP contribution in [0.15, 0.2) is 96.1 Å². The van der Waals surface area contributed by atoms with E-state index in [1.165, 1.54) is 0 Å². The van der Waals surface area contributed by atoms with Crippen LogP contribution in [0.2, 0.25) is 0 Å². The minimum atomic E-state index is 0.422. The van der Waals surface area contributed by atoms with Crippen molar-refractivity contribution in [2.75, 3.05) is 0 Å². The predicted octanol–water partition coefficient (Wildman–Crippen LogP) is 5.60. The van der Waals surface area contributed by atoms with Crippen molar-refractivity contribution in [3.8, 4) is 0 Å².